The van der Waals surface area contributed by atoms with E-state index in [0.29, 0.717) is 5.56 Å². The molecule has 0 saturated carbocycles. The van der Waals surface area contributed by atoms with E-state index >= 15 is 0 Å². The maximum atomic E-state index is 14.1. The zero-order valence-corrected chi connectivity index (χ0v) is 20.6. The summed E-state index contributed by atoms with van der Waals surface area (Å²) in [7, 11) is -3.51. The van der Waals surface area contributed by atoms with Gasteiger partial charge in [0.05, 0.1) is 12.1 Å². The van der Waals surface area contributed by atoms with Crippen molar-refractivity contribution in [1.29, 1.82) is 0 Å². The summed E-state index contributed by atoms with van der Waals surface area (Å²) in [6.07, 6.45) is -4.49. The van der Waals surface area contributed by atoms with Gasteiger partial charge in [-0.05, 0) is 24.3 Å². The van der Waals surface area contributed by atoms with Crippen LogP contribution in [0.3, 0.4) is 0 Å². The zero-order valence-electron chi connectivity index (χ0n) is 17.4. The van der Waals surface area contributed by atoms with E-state index in [1.54, 1.807) is 0 Å². The van der Waals surface area contributed by atoms with Gasteiger partial charge in [-0.2, -0.15) is 13.2 Å². The van der Waals surface area contributed by atoms with Gasteiger partial charge in [0.2, 0.25) is 5.91 Å². The van der Waals surface area contributed by atoms with Crippen molar-refractivity contribution >= 4 is 49.0 Å². The number of carbonyl (C=O) groups excluding carboxylic acids is 1. The van der Waals surface area contributed by atoms with Crippen LogP contribution in [-0.4, -0.2) is 42.7 Å². The normalized spacial score (nSPS) is 18.4. The van der Waals surface area contributed by atoms with Crippen LogP contribution in [0.4, 0.5) is 17.6 Å². The van der Waals surface area contributed by atoms with Crippen LogP contribution in [0.15, 0.2) is 40.1 Å². The lowest BCUT2D eigenvalue weighted by molar-refractivity contribution is -0.276. The number of hydrogen-bond donors (Lipinski definition) is 1. The van der Waals surface area contributed by atoms with Gasteiger partial charge in [0, 0.05) is 39.1 Å². The lowest BCUT2D eigenvalue weighted by atomic mass is 9.87. The lowest BCUT2D eigenvalue weighted by Crippen LogP contribution is -2.42. The summed E-state index contributed by atoms with van der Waals surface area (Å²) < 4.78 is 79.1. The molecule has 1 aliphatic rings. The van der Waals surface area contributed by atoms with E-state index in [1.807, 2.05) is 0 Å². The largest absolute Gasteiger partial charge is 0.435 e. The van der Waals surface area contributed by atoms with Crippen LogP contribution < -0.4 is 5.32 Å². The minimum absolute atomic E-state index is 0.00442. The first kappa shape index (κ1) is 26.4. The van der Waals surface area contributed by atoms with Gasteiger partial charge in [0.1, 0.15) is 17.3 Å². The number of amides is 1. The summed E-state index contributed by atoms with van der Waals surface area (Å²) in [5, 5.41) is 6.02. The summed E-state index contributed by atoms with van der Waals surface area (Å²) in [4.78, 5) is 20.7. The molecule has 0 spiro atoms. The molecule has 1 aliphatic heterocycles. The highest BCUT2D eigenvalue weighted by Crippen LogP contribution is 2.49. The number of hydrogen-bond acceptors (Lipinski definition) is 6. The highest BCUT2D eigenvalue weighted by Gasteiger charge is 2.62. The zero-order chi connectivity index (χ0) is 25.3. The van der Waals surface area contributed by atoms with Gasteiger partial charge < -0.3 is 10.2 Å². The van der Waals surface area contributed by atoms with Crippen molar-refractivity contribution < 1.29 is 35.6 Å². The molecule has 0 saturated heterocycles. The fourth-order valence-corrected chi connectivity index (χ4v) is 4.51. The topological polar surface area (TPSA) is 97.7 Å². The van der Waals surface area contributed by atoms with Gasteiger partial charge in [-0.15, -0.1) is 0 Å². The van der Waals surface area contributed by atoms with Gasteiger partial charge in [0.25, 0.3) is 5.60 Å². The number of nitrogens with one attached hydrogen (secondary N) is 1. The molecule has 14 heteroatoms. The molecule has 1 aromatic heterocycles. The first-order chi connectivity index (χ1) is 15.8. The van der Waals surface area contributed by atoms with Gasteiger partial charge in [-0.3, -0.25) is 9.78 Å². The number of rotatable bonds is 7. The van der Waals surface area contributed by atoms with Crippen LogP contribution in [0, 0.1) is 5.82 Å². The molecular formula is C20H17BrClF4N3O4S. The van der Waals surface area contributed by atoms with Crippen LogP contribution >= 0.6 is 27.5 Å². The van der Waals surface area contributed by atoms with Crippen molar-refractivity contribution in [2.24, 2.45) is 5.16 Å². The minimum atomic E-state index is -4.93. The molecule has 0 bridgehead atoms. The van der Waals surface area contributed by atoms with Gasteiger partial charge in [-0.25, -0.2) is 12.8 Å². The molecule has 34 heavy (non-hydrogen) atoms. The predicted molar refractivity (Wildman–Crippen MR) is 119 cm³/mol. The maximum absolute atomic E-state index is 14.1. The van der Waals surface area contributed by atoms with E-state index in [0.717, 1.165) is 18.2 Å². The Kier molecular flexibility index (Phi) is 7.58. The van der Waals surface area contributed by atoms with Gasteiger partial charge >= 0.3 is 6.18 Å². The maximum Gasteiger partial charge on any atom is 0.435 e. The van der Waals surface area contributed by atoms with Crippen LogP contribution in [0.1, 0.15) is 30.2 Å². The monoisotopic (exact) mass is 585 g/mol. The molecule has 1 amide bonds. The molecule has 7 nitrogen and oxygen atoms in total. The Labute approximate surface area is 205 Å². The van der Waals surface area contributed by atoms with E-state index in [-0.39, 0.29) is 33.2 Å². The number of benzene rings is 1. The first-order valence-corrected chi connectivity index (χ1v) is 12.7. The van der Waals surface area contributed by atoms with Crippen LogP contribution in [0.5, 0.6) is 0 Å². The molecule has 3 rings (SSSR count). The average Bonchev–Trinajstić information content (AvgIpc) is 3.19. The van der Waals surface area contributed by atoms with E-state index in [2.05, 4.69) is 31.4 Å². The molecule has 1 aromatic carbocycles. The van der Waals surface area contributed by atoms with Crippen LogP contribution in [0.25, 0.3) is 0 Å². The van der Waals surface area contributed by atoms with Crippen molar-refractivity contribution in [3.8, 4) is 0 Å². The quantitative estimate of drug-likeness (QED) is 0.489. The smallest absolute Gasteiger partial charge is 0.374 e. The average molecular weight is 587 g/mol. The molecule has 2 heterocycles. The van der Waals surface area contributed by atoms with Gasteiger partial charge in [-0.1, -0.05) is 39.6 Å². The summed E-state index contributed by atoms with van der Waals surface area (Å²) >= 11 is 9.17. The van der Waals surface area contributed by atoms with Crippen LogP contribution in [0.2, 0.25) is 5.02 Å². The predicted octanol–water partition coefficient (Wildman–Crippen LogP) is 4.27. The Hall–Kier alpha value is -2.25. The van der Waals surface area contributed by atoms with Crippen molar-refractivity contribution in [3.05, 3.63) is 62.6 Å². The number of halogens is 6. The van der Waals surface area contributed by atoms with Crippen molar-refractivity contribution in [1.82, 2.24) is 10.3 Å². The molecule has 0 radical (unpaired) electrons. The van der Waals surface area contributed by atoms with Crippen molar-refractivity contribution in [2.75, 3.05) is 11.5 Å². The number of sulfone groups is 1. The fraction of sp³-hybridized carbons (Fsp3) is 0.350. The number of nitrogens with zero attached hydrogens (tertiary/aromatic N) is 2. The second-order valence-electron chi connectivity index (χ2n) is 7.40. The second-order valence-corrected chi connectivity index (χ2v) is 11.1. The Morgan fingerprint density at radius 1 is 1.29 bits per heavy atom. The highest BCUT2D eigenvalue weighted by atomic mass is 79.9. The number of aromatic nitrogens is 1. The van der Waals surface area contributed by atoms with E-state index in [9.17, 15) is 30.8 Å². The highest BCUT2D eigenvalue weighted by molar-refractivity contribution is 9.10. The Morgan fingerprint density at radius 2 is 2.00 bits per heavy atom. The fourth-order valence-electron chi connectivity index (χ4n) is 3.12. The molecule has 0 fully saturated rings. The third-order valence-corrected chi connectivity index (χ3v) is 7.40. The third-order valence-electron chi connectivity index (χ3n) is 5.01. The van der Waals surface area contributed by atoms with E-state index in [4.69, 9.17) is 16.4 Å². The molecule has 1 atom stereocenters. The standard InChI is InChI=1S/C20H17BrClF4N3O4S/c1-2-34(31,32)10-18(30)28-9-11-8-27-16(6-15(11)22)17-7-19(33-29-17,20(24,25)26)12-3-13(21)5-14(23)4-12/h3-6,8H,2,7,9-10H2,1H3,(H,28,30). The number of carbonyl (C=O) groups is 1. The van der Waals surface area contributed by atoms with Crippen LogP contribution in [-0.2, 0) is 31.6 Å². The minimum Gasteiger partial charge on any atom is -0.374 e. The Balaban J connectivity index is 1.79. The summed E-state index contributed by atoms with van der Waals surface area (Å²) in [5.41, 5.74) is -3.25. The second kappa shape index (κ2) is 9.78. The number of pyridine rings is 1. The molecule has 184 valence electrons. The number of oxime groups is 1. The summed E-state index contributed by atoms with van der Waals surface area (Å²) in [6, 6.07) is 4.09. The number of alkyl halides is 3. The molecule has 1 unspecified atom stereocenters. The van der Waals surface area contributed by atoms with E-state index in [1.165, 1.54) is 19.2 Å². The summed E-state index contributed by atoms with van der Waals surface area (Å²) in [6.45, 7) is 1.27. The molecule has 2 aromatic rings. The van der Waals surface area contributed by atoms with Crippen molar-refractivity contribution in [3.63, 3.8) is 0 Å². The Bertz CT molecular complexity index is 1240. The SMILES string of the molecule is CCS(=O)(=O)CC(=O)NCc1cnc(C2=NOC(c3cc(F)cc(Br)c3)(C(F)(F)F)C2)cc1Cl. The lowest BCUT2D eigenvalue weighted by Gasteiger charge is -2.29. The summed E-state index contributed by atoms with van der Waals surface area (Å²) in [5.74, 6) is -2.49. The third kappa shape index (κ3) is 5.69. The molecule has 1 N–H and O–H groups in total. The molecule has 0 aliphatic carbocycles. The van der Waals surface area contributed by atoms with Crippen molar-refractivity contribution in [2.45, 2.75) is 31.7 Å². The Morgan fingerprint density at radius 3 is 2.59 bits per heavy atom. The van der Waals surface area contributed by atoms with Gasteiger partial charge in [0.15, 0.2) is 9.84 Å². The first-order valence-electron chi connectivity index (χ1n) is 9.66. The van der Waals surface area contributed by atoms with E-state index < -0.39 is 51.1 Å². The molecular weight excluding hydrogens is 570 g/mol.